The first-order valence-electron chi connectivity index (χ1n) is 6.12. The van der Waals surface area contributed by atoms with Crippen LogP contribution in [0.25, 0.3) is 5.69 Å². The maximum atomic E-state index is 11.6. The average Bonchev–Trinajstić information content (AvgIpc) is 2.91. The third kappa shape index (κ3) is 3.03. The Kier molecular flexibility index (Phi) is 3.71. The van der Waals surface area contributed by atoms with Gasteiger partial charge in [-0.3, -0.25) is 4.79 Å². The summed E-state index contributed by atoms with van der Waals surface area (Å²) in [6, 6.07) is 11.9. The van der Waals surface area contributed by atoms with E-state index < -0.39 is 11.5 Å². The summed E-state index contributed by atoms with van der Waals surface area (Å²) in [5, 5.41) is 0. The van der Waals surface area contributed by atoms with Gasteiger partial charge in [0.25, 0.3) is 0 Å². The van der Waals surface area contributed by atoms with Crippen LogP contribution in [0.5, 0.6) is 0 Å². The van der Waals surface area contributed by atoms with Gasteiger partial charge in [-0.1, -0.05) is 12.1 Å². The molecule has 0 saturated carbocycles. The first kappa shape index (κ1) is 13.4. The molecule has 0 saturated heterocycles. The molecule has 0 aliphatic heterocycles. The van der Waals surface area contributed by atoms with Crippen molar-refractivity contribution in [3.8, 4) is 5.69 Å². The molecule has 4 heteroatoms. The number of rotatable bonds is 4. The maximum absolute atomic E-state index is 11.6. The standard InChI is InChI=1S/C15H18N2O2/c1-15(16,14(18)19-2)11-12-6-5-7-13(10-12)17-8-3-4-9-17/h3-10H,11,16H2,1-2H3/t15-/m1/s1. The lowest BCUT2D eigenvalue weighted by Gasteiger charge is -2.21. The summed E-state index contributed by atoms with van der Waals surface area (Å²) < 4.78 is 6.73. The van der Waals surface area contributed by atoms with Crippen molar-refractivity contribution in [1.29, 1.82) is 0 Å². The van der Waals surface area contributed by atoms with Gasteiger partial charge in [0, 0.05) is 24.5 Å². The largest absolute Gasteiger partial charge is 0.468 e. The van der Waals surface area contributed by atoms with Crippen LogP contribution in [0.2, 0.25) is 0 Å². The second-order valence-electron chi connectivity index (χ2n) is 4.85. The summed E-state index contributed by atoms with van der Waals surface area (Å²) >= 11 is 0. The van der Waals surface area contributed by atoms with Gasteiger partial charge in [-0.25, -0.2) is 0 Å². The minimum Gasteiger partial charge on any atom is -0.468 e. The molecule has 4 nitrogen and oxygen atoms in total. The van der Waals surface area contributed by atoms with Crippen LogP contribution in [0.3, 0.4) is 0 Å². The second-order valence-corrected chi connectivity index (χ2v) is 4.85. The summed E-state index contributed by atoms with van der Waals surface area (Å²) in [4.78, 5) is 11.6. The van der Waals surface area contributed by atoms with E-state index in [1.54, 1.807) is 6.92 Å². The molecule has 2 rings (SSSR count). The summed E-state index contributed by atoms with van der Waals surface area (Å²) in [7, 11) is 1.35. The first-order chi connectivity index (χ1) is 9.03. The summed E-state index contributed by atoms with van der Waals surface area (Å²) in [5.41, 5.74) is 7.03. The molecule has 0 fully saturated rings. The van der Waals surface area contributed by atoms with Crippen molar-refractivity contribution in [2.45, 2.75) is 18.9 Å². The van der Waals surface area contributed by atoms with Gasteiger partial charge in [-0.2, -0.15) is 0 Å². The van der Waals surface area contributed by atoms with Crippen molar-refractivity contribution in [1.82, 2.24) is 4.57 Å². The Hall–Kier alpha value is -2.07. The zero-order valence-electron chi connectivity index (χ0n) is 11.2. The lowest BCUT2D eigenvalue weighted by atomic mass is 9.94. The number of methoxy groups -OCH3 is 1. The minimum absolute atomic E-state index is 0.404. The van der Waals surface area contributed by atoms with E-state index >= 15 is 0 Å². The van der Waals surface area contributed by atoms with Gasteiger partial charge in [0.05, 0.1) is 7.11 Å². The number of aromatic nitrogens is 1. The number of nitrogens with two attached hydrogens (primary N) is 1. The van der Waals surface area contributed by atoms with E-state index in [9.17, 15) is 4.79 Å². The molecular formula is C15H18N2O2. The van der Waals surface area contributed by atoms with Crippen LogP contribution in [0.1, 0.15) is 12.5 Å². The number of ether oxygens (including phenoxy) is 1. The zero-order valence-corrected chi connectivity index (χ0v) is 11.2. The smallest absolute Gasteiger partial charge is 0.325 e. The van der Waals surface area contributed by atoms with Gasteiger partial charge in [-0.15, -0.1) is 0 Å². The molecule has 0 amide bonds. The highest BCUT2D eigenvalue weighted by Crippen LogP contribution is 2.16. The Labute approximate surface area is 112 Å². The summed E-state index contributed by atoms with van der Waals surface area (Å²) in [6.07, 6.45) is 4.39. The molecule has 1 aromatic heterocycles. The van der Waals surface area contributed by atoms with E-state index in [0.717, 1.165) is 11.3 Å². The van der Waals surface area contributed by atoms with Crippen molar-refractivity contribution in [3.63, 3.8) is 0 Å². The monoisotopic (exact) mass is 258 g/mol. The number of hydrogen-bond donors (Lipinski definition) is 1. The van der Waals surface area contributed by atoms with Crippen LogP contribution in [0.4, 0.5) is 0 Å². The SMILES string of the molecule is COC(=O)[C@](C)(N)Cc1cccc(-n2cccc2)c1. The normalized spacial score (nSPS) is 13.8. The molecule has 100 valence electrons. The fourth-order valence-electron chi connectivity index (χ4n) is 2.06. The van der Waals surface area contributed by atoms with E-state index in [1.807, 2.05) is 53.4 Å². The third-order valence-corrected chi connectivity index (χ3v) is 3.04. The lowest BCUT2D eigenvalue weighted by Crippen LogP contribution is -2.47. The molecule has 19 heavy (non-hydrogen) atoms. The van der Waals surface area contributed by atoms with Crippen LogP contribution in [-0.4, -0.2) is 23.2 Å². The quantitative estimate of drug-likeness (QED) is 0.852. The van der Waals surface area contributed by atoms with Crippen LogP contribution in [-0.2, 0) is 16.0 Å². The molecule has 0 spiro atoms. The van der Waals surface area contributed by atoms with Crippen molar-refractivity contribution in [2.75, 3.05) is 7.11 Å². The van der Waals surface area contributed by atoms with Gasteiger partial charge < -0.3 is 15.0 Å². The van der Waals surface area contributed by atoms with Crippen LogP contribution < -0.4 is 5.73 Å². The van der Waals surface area contributed by atoms with Gasteiger partial charge in [0.15, 0.2) is 0 Å². The number of benzene rings is 1. The van der Waals surface area contributed by atoms with Crippen molar-refractivity contribution in [2.24, 2.45) is 5.73 Å². The zero-order chi connectivity index (χ0) is 13.9. The second kappa shape index (κ2) is 5.28. The molecule has 0 radical (unpaired) electrons. The molecule has 0 aliphatic carbocycles. The van der Waals surface area contributed by atoms with Crippen molar-refractivity contribution >= 4 is 5.97 Å². The highest BCUT2D eigenvalue weighted by Gasteiger charge is 2.29. The molecule has 1 aromatic carbocycles. The third-order valence-electron chi connectivity index (χ3n) is 3.04. The van der Waals surface area contributed by atoms with Crippen LogP contribution in [0, 0.1) is 0 Å². The fraction of sp³-hybridized carbons (Fsp3) is 0.267. The number of hydrogen-bond acceptors (Lipinski definition) is 3. The number of nitrogens with zero attached hydrogens (tertiary/aromatic N) is 1. The number of carbonyl (C=O) groups excluding carboxylic acids is 1. The molecule has 0 aliphatic rings. The molecule has 2 N–H and O–H groups in total. The summed E-state index contributed by atoms with van der Waals surface area (Å²) in [5.74, 6) is -0.404. The van der Waals surface area contributed by atoms with E-state index in [0.29, 0.717) is 6.42 Å². The molecule has 0 unspecified atom stereocenters. The Balaban J connectivity index is 2.23. The van der Waals surface area contributed by atoms with Gasteiger partial charge in [0.2, 0.25) is 0 Å². The Morgan fingerprint density at radius 3 is 2.63 bits per heavy atom. The molecule has 1 heterocycles. The highest BCUT2D eigenvalue weighted by molar-refractivity contribution is 5.80. The number of carbonyl (C=O) groups is 1. The Morgan fingerprint density at radius 2 is 2.00 bits per heavy atom. The Morgan fingerprint density at radius 1 is 1.32 bits per heavy atom. The fourth-order valence-corrected chi connectivity index (χ4v) is 2.06. The van der Waals surface area contributed by atoms with Gasteiger partial charge in [0.1, 0.15) is 5.54 Å². The van der Waals surface area contributed by atoms with Crippen molar-refractivity contribution < 1.29 is 9.53 Å². The van der Waals surface area contributed by atoms with Gasteiger partial charge in [-0.05, 0) is 36.8 Å². The maximum Gasteiger partial charge on any atom is 0.325 e. The minimum atomic E-state index is -1.01. The van der Waals surface area contributed by atoms with E-state index in [1.165, 1.54) is 7.11 Å². The predicted molar refractivity (Wildman–Crippen MR) is 74.1 cm³/mol. The van der Waals surface area contributed by atoms with Crippen LogP contribution >= 0.6 is 0 Å². The molecule has 1 atom stereocenters. The van der Waals surface area contributed by atoms with Crippen LogP contribution in [0.15, 0.2) is 48.8 Å². The average molecular weight is 258 g/mol. The topological polar surface area (TPSA) is 57.2 Å². The van der Waals surface area contributed by atoms with E-state index in [-0.39, 0.29) is 0 Å². The van der Waals surface area contributed by atoms with E-state index in [4.69, 9.17) is 10.5 Å². The van der Waals surface area contributed by atoms with Gasteiger partial charge >= 0.3 is 5.97 Å². The Bertz CT molecular complexity index is 559. The van der Waals surface area contributed by atoms with Crippen molar-refractivity contribution in [3.05, 3.63) is 54.4 Å². The molecular weight excluding hydrogens is 240 g/mol. The highest BCUT2D eigenvalue weighted by atomic mass is 16.5. The molecule has 0 bridgehead atoms. The number of esters is 1. The first-order valence-corrected chi connectivity index (χ1v) is 6.12. The van der Waals surface area contributed by atoms with E-state index in [2.05, 4.69) is 0 Å². The predicted octanol–water partition coefficient (Wildman–Crippen LogP) is 1.91. The molecule has 2 aromatic rings. The lowest BCUT2D eigenvalue weighted by molar-refractivity contribution is -0.146. The summed E-state index contributed by atoms with van der Waals surface area (Å²) in [6.45, 7) is 1.68.